The van der Waals surface area contributed by atoms with Crippen molar-refractivity contribution in [3.63, 3.8) is 0 Å². The molecule has 0 radical (unpaired) electrons. The van der Waals surface area contributed by atoms with E-state index in [0.29, 0.717) is 38.7 Å². The molecule has 1 aromatic heterocycles. The zero-order valence-electron chi connectivity index (χ0n) is 18.1. The van der Waals surface area contributed by atoms with Crippen molar-refractivity contribution in [1.29, 1.82) is 0 Å². The number of nitrogens with zero attached hydrogens (tertiary/aromatic N) is 5. The smallest absolute Gasteiger partial charge is 0.194 e. The minimum Gasteiger partial charge on any atom is -0.492 e. The van der Waals surface area contributed by atoms with Crippen LogP contribution in [0.3, 0.4) is 0 Å². The highest BCUT2D eigenvalue weighted by Gasteiger charge is 2.09. The number of rotatable bonds is 11. The Morgan fingerprint density at radius 2 is 1.97 bits per heavy atom. The average Bonchev–Trinajstić information content (AvgIpc) is 3.03. The Kier molecular flexibility index (Phi) is 12.3. The van der Waals surface area contributed by atoms with E-state index < -0.39 is 0 Å². The molecule has 1 heterocycles. The van der Waals surface area contributed by atoms with Gasteiger partial charge in [-0.3, -0.25) is 0 Å². The minimum absolute atomic E-state index is 0. The number of likely N-dealkylation sites (N-methyl/N-ethyl adjacent to an activating group) is 1. The lowest BCUT2D eigenvalue weighted by Crippen LogP contribution is -2.41. The number of ether oxygens (including phenoxy) is 2. The molecule has 0 fully saturated rings. The van der Waals surface area contributed by atoms with Gasteiger partial charge in [0.15, 0.2) is 11.8 Å². The van der Waals surface area contributed by atoms with Gasteiger partial charge in [-0.25, -0.2) is 9.38 Å². The Hall–Kier alpha value is -1.95. The number of aryl methyl sites for hydroxylation is 1. The molecule has 10 heteroatoms. The quantitative estimate of drug-likeness (QED) is 0.207. The van der Waals surface area contributed by atoms with Crippen LogP contribution in [-0.4, -0.2) is 65.6 Å². The average molecular weight is 534 g/mol. The predicted molar refractivity (Wildman–Crippen MR) is 126 cm³/mol. The highest BCUT2D eigenvalue weighted by Crippen LogP contribution is 2.10. The number of hydrogen-bond donors (Lipinski definition) is 1. The van der Waals surface area contributed by atoms with E-state index in [0.717, 1.165) is 30.6 Å². The molecule has 1 N–H and O–H groups in total. The van der Waals surface area contributed by atoms with Crippen molar-refractivity contribution in [2.24, 2.45) is 12.0 Å². The molecule has 0 bridgehead atoms. The Labute approximate surface area is 194 Å². The highest BCUT2D eigenvalue weighted by atomic mass is 127. The van der Waals surface area contributed by atoms with Crippen LogP contribution in [0.4, 0.5) is 4.39 Å². The summed E-state index contributed by atoms with van der Waals surface area (Å²) in [7, 11) is 3.87. The molecule has 0 aliphatic carbocycles. The largest absolute Gasteiger partial charge is 0.492 e. The number of nitrogens with one attached hydrogen (secondary N) is 1. The lowest BCUT2D eigenvalue weighted by Gasteiger charge is -2.22. The first-order valence-electron chi connectivity index (χ1n) is 9.81. The second-order valence-corrected chi connectivity index (χ2v) is 6.56. The van der Waals surface area contributed by atoms with E-state index in [2.05, 4.69) is 20.5 Å². The molecule has 8 nitrogen and oxygen atoms in total. The molecule has 2 aromatic rings. The highest BCUT2D eigenvalue weighted by molar-refractivity contribution is 14.0. The molecule has 0 aliphatic rings. The summed E-state index contributed by atoms with van der Waals surface area (Å²) in [6, 6.07) is 6.00. The molecule has 0 amide bonds. The molecule has 2 rings (SSSR count). The van der Waals surface area contributed by atoms with E-state index in [4.69, 9.17) is 9.47 Å². The SMILES string of the molecule is CCOCCCNC(=NCc1nnc(C)n1C)N(C)CCOc1ccc(F)cc1.I. The Morgan fingerprint density at radius 3 is 2.60 bits per heavy atom. The van der Waals surface area contributed by atoms with Gasteiger partial charge in [0.2, 0.25) is 0 Å². The third-order valence-electron chi connectivity index (χ3n) is 4.38. The summed E-state index contributed by atoms with van der Waals surface area (Å²) in [5, 5.41) is 11.6. The number of guanidine groups is 1. The van der Waals surface area contributed by atoms with Gasteiger partial charge in [0.1, 0.15) is 30.5 Å². The monoisotopic (exact) mass is 534 g/mol. The first kappa shape index (κ1) is 26.1. The van der Waals surface area contributed by atoms with E-state index in [-0.39, 0.29) is 29.8 Å². The maximum atomic E-state index is 13.0. The van der Waals surface area contributed by atoms with Gasteiger partial charge >= 0.3 is 0 Å². The fourth-order valence-electron chi connectivity index (χ4n) is 2.50. The lowest BCUT2D eigenvalue weighted by molar-refractivity contribution is 0.145. The van der Waals surface area contributed by atoms with E-state index in [9.17, 15) is 4.39 Å². The van der Waals surface area contributed by atoms with Crippen molar-refractivity contribution in [3.05, 3.63) is 41.7 Å². The predicted octanol–water partition coefficient (Wildman–Crippen LogP) is 2.76. The fourth-order valence-corrected chi connectivity index (χ4v) is 2.50. The van der Waals surface area contributed by atoms with Gasteiger partial charge in [0.05, 0.1) is 6.54 Å². The van der Waals surface area contributed by atoms with Crippen molar-refractivity contribution in [2.45, 2.75) is 26.8 Å². The Morgan fingerprint density at radius 1 is 1.23 bits per heavy atom. The molecule has 1 aromatic carbocycles. The molecule has 0 spiro atoms. The summed E-state index contributed by atoms with van der Waals surface area (Å²) >= 11 is 0. The first-order valence-corrected chi connectivity index (χ1v) is 9.81. The summed E-state index contributed by atoms with van der Waals surface area (Å²) in [4.78, 5) is 6.68. The molecule has 0 atom stereocenters. The van der Waals surface area contributed by atoms with Crippen molar-refractivity contribution >= 4 is 29.9 Å². The summed E-state index contributed by atoms with van der Waals surface area (Å²) in [5.41, 5.74) is 0. The molecule has 30 heavy (non-hydrogen) atoms. The molecule has 168 valence electrons. The van der Waals surface area contributed by atoms with E-state index >= 15 is 0 Å². The zero-order valence-corrected chi connectivity index (χ0v) is 20.4. The minimum atomic E-state index is -0.279. The number of halogens is 2. The van der Waals surface area contributed by atoms with Gasteiger partial charge < -0.3 is 24.3 Å². The van der Waals surface area contributed by atoms with Gasteiger partial charge in [0, 0.05) is 33.9 Å². The third-order valence-corrected chi connectivity index (χ3v) is 4.38. The number of aliphatic imine (C=N–C) groups is 1. The van der Waals surface area contributed by atoms with Crippen LogP contribution in [0.2, 0.25) is 0 Å². The van der Waals surface area contributed by atoms with Gasteiger partial charge in [0.25, 0.3) is 0 Å². The second-order valence-electron chi connectivity index (χ2n) is 6.56. The maximum absolute atomic E-state index is 13.0. The van der Waals surface area contributed by atoms with Crippen LogP contribution in [-0.2, 0) is 18.3 Å². The number of aromatic nitrogens is 3. The van der Waals surface area contributed by atoms with Gasteiger partial charge in [-0.15, -0.1) is 34.2 Å². The summed E-state index contributed by atoms with van der Waals surface area (Å²) in [6.07, 6.45) is 0.885. The third kappa shape index (κ3) is 8.82. The van der Waals surface area contributed by atoms with Gasteiger partial charge in [-0.1, -0.05) is 0 Å². The lowest BCUT2D eigenvalue weighted by atomic mass is 10.3. The summed E-state index contributed by atoms with van der Waals surface area (Å²) in [6.45, 7) is 7.55. The molecule has 0 unspecified atom stereocenters. The van der Waals surface area contributed by atoms with Crippen molar-refractivity contribution in [2.75, 3.05) is 40.0 Å². The van der Waals surface area contributed by atoms with Crippen LogP contribution in [0.1, 0.15) is 25.0 Å². The first-order chi connectivity index (χ1) is 14.0. The molecule has 0 aliphatic heterocycles. The molecule has 0 saturated heterocycles. The van der Waals surface area contributed by atoms with E-state index in [1.165, 1.54) is 12.1 Å². The van der Waals surface area contributed by atoms with Crippen LogP contribution in [0.25, 0.3) is 0 Å². The topological polar surface area (TPSA) is 76.8 Å². The van der Waals surface area contributed by atoms with Crippen LogP contribution < -0.4 is 10.1 Å². The standard InChI is InChI=1S/C20H31FN6O2.HI/c1-5-28-13-6-11-22-20(23-15-19-25-24-16(2)27(19)4)26(3)12-14-29-18-9-7-17(21)8-10-18;/h7-10H,5-6,11-15H2,1-4H3,(H,22,23);1H. The van der Waals surface area contributed by atoms with Crippen molar-refractivity contribution in [3.8, 4) is 5.75 Å². The van der Waals surface area contributed by atoms with E-state index in [1.54, 1.807) is 12.1 Å². The summed E-state index contributed by atoms with van der Waals surface area (Å²) < 4.78 is 26.0. The van der Waals surface area contributed by atoms with Crippen LogP contribution in [0.5, 0.6) is 5.75 Å². The van der Waals surface area contributed by atoms with Crippen LogP contribution in [0, 0.1) is 12.7 Å². The normalized spacial score (nSPS) is 11.2. The van der Waals surface area contributed by atoms with Crippen molar-refractivity contribution in [1.82, 2.24) is 25.0 Å². The number of hydrogen-bond acceptors (Lipinski definition) is 5. The van der Waals surface area contributed by atoms with E-state index in [1.807, 2.05) is 37.4 Å². The molecular formula is C20H32FIN6O2. The Bertz CT molecular complexity index is 769. The fraction of sp³-hybridized carbons (Fsp3) is 0.550. The molecule has 0 saturated carbocycles. The zero-order chi connectivity index (χ0) is 21.1. The van der Waals surface area contributed by atoms with Crippen LogP contribution in [0.15, 0.2) is 29.3 Å². The maximum Gasteiger partial charge on any atom is 0.194 e. The van der Waals surface area contributed by atoms with Crippen molar-refractivity contribution < 1.29 is 13.9 Å². The van der Waals surface area contributed by atoms with Gasteiger partial charge in [-0.2, -0.15) is 0 Å². The van der Waals surface area contributed by atoms with Crippen LogP contribution >= 0.6 is 24.0 Å². The number of benzene rings is 1. The molecular weight excluding hydrogens is 502 g/mol. The van der Waals surface area contributed by atoms with Gasteiger partial charge in [-0.05, 0) is 44.5 Å². The Balaban J connectivity index is 0.00000450. The second kappa shape index (κ2) is 14.1. The summed E-state index contributed by atoms with van der Waals surface area (Å²) in [5.74, 6) is 2.76.